The Bertz CT molecular complexity index is 1040. The summed E-state index contributed by atoms with van der Waals surface area (Å²) in [5, 5.41) is 13.5. The SMILES string of the molecule is COc1ccccc1NC(=O)CSc1nc2scc(C(=O)O)c2c(=O)[nH]1. The molecule has 26 heavy (non-hydrogen) atoms. The van der Waals surface area contributed by atoms with Crippen LogP contribution in [0.25, 0.3) is 10.2 Å². The second-order valence-corrected chi connectivity index (χ2v) is 6.87. The van der Waals surface area contributed by atoms with Gasteiger partial charge in [0.2, 0.25) is 5.91 Å². The fourth-order valence-electron chi connectivity index (χ4n) is 2.22. The van der Waals surface area contributed by atoms with Gasteiger partial charge in [-0.25, -0.2) is 9.78 Å². The average molecular weight is 391 g/mol. The average Bonchev–Trinajstić information content (AvgIpc) is 3.05. The van der Waals surface area contributed by atoms with Crippen LogP contribution >= 0.6 is 23.1 Å². The fourth-order valence-corrected chi connectivity index (χ4v) is 3.85. The van der Waals surface area contributed by atoms with Crippen LogP contribution in [0, 0.1) is 0 Å². The normalized spacial score (nSPS) is 10.7. The minimum absolute atomic E-state index is 0.0175. The van der Waals surface area contributed by atoms with Crippen LogP contribution in [0.1, 0.15) is 10.4 Å². The van der Waals surface area contributed by atoms with Crippen molar-refractivity contribution in [2.45, 2.75) is 5.16 Å². The van der Waals surface area contributed by atoms with Crippen LogP contribution in [0.2, 0.25) is 0 Å². The lowest BCUT2D eigenvalue weighted by molar-refractivity contribution is -0.113. The van der Waals surface area contributed by atoms with Crippen molar-refractivity contribution >= 4 is 50.9 Å². The third-order valence-electron chi connectivity index (χ3n) is 3.37. The molecule has 0 unspecified atom stereocenters. The second kappa shape index (κ2) is 7.58. The number of nitrogens with one attached hydrogen (secondary N) is 2. The van der Waals surface area contributed by atoms with E-state index in [4.69, 9.17) is 9.84 Å². The maximum absolute atomic E-state index is 12.1. The van der Waals surface area contributed by atoms with E-state index in [9.17, 15) is 14.4 Å². The molecule has 0 radical (unpaired) electrons. The smallest absolute Gasteiger partial charge is 0.337 e. The highest BCUT2D eigenvalue weighted by molar-refractivity contribution is 7.99. The van der Waals surface area contributed by atoms with Crippen molar-refractivity contribution in [1.29, 1.82) is 0 Å². The van der Waals surface area contributed by atoms with Crippen molar-refractivity contribution < 1.29 is 19.4 Å². The number of para-hydroxylation sites is 2. The number of thiophene rings is 1. The van der Waals surface area contributed by atoms with E-state index in [0.717, 1.165) is 23.1 Å². The number of fused-ring (bicyclic) bond motifs is 1. The number of carbonyl (C=O) groups is 2. The third-order valence-corrected chi connectivity index (χ3v) is 5.12. The highest BCUT2D eigenvalue weighted by Gasteiger charge is 2.17. The number of benzene rings is 1. The minimum Gasteiger partial charge on any atom is -0.495 e. The van der Waals surface area contributed by atoms with Gasteiger partial charge in [-0.15, -0.1) is 11.3 Å². The summed E-state index contributed by atoms with van der Waals surface area (Å²) >= 11 is 2.12. The summed E-state index contributed by atoms with van der Waals surface area (Å²) in [7, 11) is 1.51. The number of aromatic amines is 1. The molecule has 0 saturated carbocycles. The molecule has 0 spiro atoms. The van der Waals surface area contributed by atoms with Crippen molar-refractivity contribution in [2.75, 3.05) is 18.2 Å². The summed E-state index contributed by atoms with van der Waals surface area (Å²) in [5.74, 6) is -0.915. The van der Waals surface area contributed by atoms with E-state index in [1.165, 1.54) is 12.5 Å². The first-order valence-corrected chi connectivity index (χ1v) is 9.16. The Kier molecular flexibility index (Phi) is 5.24. The Morgan fingerprint density at radius 1 is 1.38 bits per heavy atom. The van der Waals surface area contributed by atoms with Crippen LogP contribution in [0.5, 0.6) is 5.75 Å². The summed E-state index contributed by atoms with van der Waals surface area (Å²) in [6.45, 7) is 0. The lowest BCUT2D eigenvalue weighted by Crippen LogP contribution is -2.16. The van der Waals surface area contributed by atoms with Gasteiger partial charge < -0.3 is 20.1 Å². The first-order chi connectivity index (χ1) is 12.5. The zero-order valence-electron chi connectivity index (χ0n) is 13.4. The molecule has 3 aromatic rings. The molecule has 2 heterocycles. The fraction of sp³-hybridized carbons (Fsp3) is 0.125. The van der Waals surface area contributed by atoms with Crippen LogP contribution < -0.4 is 15.6 Å². The van der Waals surface area contributed by atoms with E-state index in [1.807, 2.05) is 0 Å². The highest BCUT2D eigenvalue weighted by atomic mass is 32.2. The first-order valence-electron chi connectivity index (χ1n) is 7.30. The molecule has 3 N–H and O–H groups in total. The first kappa shape index (κ1) is 18.0. The zero-order valence-corrected chi connectivity index (χ0v) is 15.1. The second-order valence-electron chi connectivity index (χ2n) is 5.04. The monoisotopic (exact) mass is 391 g/mol. The number of methoxy groups -OCH3 is 1. The van der Waals surface area contributed by atoms with Crippen LogP contribution in [-0.4, -0.2) is 39.8 Å². The van der Waals surface area contributed by atoms with Gasteiger partial charge in [0.1, 0.15) is 10.6 Å². The number of carboxylic acids is 1. The summed E-state index contributed by atoms with van der Waals surface area (Å²) in [5.41, 5.74) is -0.0765. The maximum atomic E-state index is 12.1. The van der Waals surface area contributed by atoms with Crippen molar-refractivity contribution in [3.8, 4) is 5.75 Å². The Hall–Kier alpha value is -2.85. The Morgan fingerprint density at radius 2 is 2.15 bits per heavy atom. The quantitative estimate of drug-likeness (QED) is 0.436. The van der Waals surface area contributed by atoms with Gasteiger partial charge in [-0.3, -0.25) is 9.59 Å². The lowest BCUT2D eigenvalue weighted by atomic mass is 10.2. The number of anilines is 1. The molecule has 0 aliphatic carbocycles. The number of ether oxygens (including phenoxy) is 1. The number of H-pyrrole nitrogens is 1. The van der Waals surface area contributed by atoms with Gasteiger partial charge in [0, 0.05) is 5.38 Å². The van der Waals surface area contributed by atoms with Gasteiger partial charge in [0.05, 0.1) is 29.5 Å². The number of carbonyl (C=O) groups excluding carboxylic acids is 1. The number of carboxylic acid groups (broad SMARTS) is 1. The molecule has 0 atom stereocenters. The number of hydrogen-bond acceptors (Lipinski definition) is 7. The van der Waals surface area contributed by atoms with Gasteiger partial charge in [-0.05, 0) is 12.1 Å². The van der Waals surface area contributed by atoms with Crippen LogP contribution in [-0.2, 0) is 4.79 Å². The number of thioether (sulfide) groups is 1. The molecular formula is C16H13N3O5S2. The van der Waals surface area contributed by atoms with Gasteiger partial charge in [0.15, 0.2) is 5.16 Å². The van der Waals surface area contributed by atoms with Gasteiger partial charge in [-0.2, -0.15) is 0 Å². The van der Waals surface area contributed by atoms with Crippen molar-refractivity contribution in [1.82, 2.24) is 9.97 Å². The molecule has 0 fully saturated rings. The van der Waals surface area contributed by atoms with Crippen molar-refractivity contribution in [3.63, 3.8) is 0 Å². The zero-order chi connectivity index (χ0) is 18.7. The number of rotatable bonds is 6. The Balaban J connectivity index is 1.72. The predicted molar refractivity (Wildman–Crippen MR) is 99.5 cm³/mol. The molecule has 0 bridgehead atoms. The molecule has 1 aromatic carbocycles. The number of hydrogen-bond donors (Lipinski definition) is 3. The molecule has 10 heteroatoms. The number of nitrogens with zero attached hydrogens (tertiary/aromatic N) is 1. The molecule has 8 nitrogen and oxygen atoms in total. The standard InChI is InChI=1S/C16H13N3O5S2/c1-24-10-5-3-2-4-9(10)17-11(20)7-26-16-18-13(21)12-8(15(22)23)6-25-14(12)19-16/h2-6H,7H2,1H3,(H,17,20)(H,22,23)(H,18,19,21). The van der Waals surface area contributed by atoms with Gasteiger partial charge in [-0.1, -0.05) is 23.9 Å². The molecule has 0 aliphatic rings. The Morgan fingerprint density at radius 3 is 2.88 bits per heavy atom. The van der Waals surface area contributed by atoms with E-state index in [-0.39, 0.29) is 27.8 Å². The molecule has 3 rings (SSSR count). The minimum atomic E-state index is -1.18. The van der Waals surface area contributed by atoms with E-state index in [2.05, 4.69) is 15.3 Å². The number of aromatic carboxylic acids is 1. The number of aromatic nitrogens is 2. The Labute approximate surface area is 155 Å². The van der Waals surface area contributed by atoms with Gasteiger partial charge >= 0.3 is 5.97 Å². The van der Waals surface area contributed by atoms with Crippen molar-refractivity contribution in [2.24, 2.45) is 0 Å². The van der Waals surface area contributed by atoms with Crippen LogP contribution in [0.4, 0.5) is 5.69 Å². The topological polar surface area (TPSA) is 121 Å². The summed E-state index contributed by atoms with van der Waals surface area (Å²) in [6.07, 6.45) is 0. The van der Waals surface area contributed by atoms with E-state index in [0.29, 0.717) is 16.3 Å². The third kappa shape index (κ3) is 3.70. The van der Waals surface area contributed by atoms with E-state index in [1.54, 1.807) is 24.3 Å². The maximum Gasteiger partial charge on any atom is 0.337 e. The van der Waals surface area contributed by atoms with Crippen molar-refractivity contribution in [3.05, 3.63) is 45.6 Å². The lowest BCUT2D eigenvalue weighted by Gasteiger charge is -2.09. The number of amides is 1. The largest absolute Gasteiger partial charge is 0.495 e. The van der Waals surface area contributed by atoms with Crippen LogP contribution in [0.3, 0.4) is 0 Å². The molecule has 1 amide bonds. The summed E-state index contributed by atoms with van der Waals surface area (Å²) in [4.78, 5) is 42.4. The van der Waals surface area contributed by atoms with Crippen LogP contribution in [0.15, 0.2) is 39.6 Å². The molecule has 0 saturated heterocycles. The highest BCUT2D eigenvalue weighted by Crippen LogP contribution is 2.25. The van der Waals surface area contributed by atoms with Gasteiger partial charge in [0.25, 0.3) is 5.56 Å². The predicted octanol–water partition coefficient (Wildman–Crippen LogP) is 2.42. The van der Waals surface area contributed by atoms with E-state index < -0.39 is 11.5 Å². The molecule has 134 valence electrons. The summed E-state index contributed by atoms with van der Waals surface area (Å²) < 4.78 is 5.17. The molecular weight excluding hydrogens is 378 g/mol. The van der Waals surface area contributed by atoms with E-state index >= 15 is 0 Å². The molecule has 2 aromatic heterocycles. The molecule has 0 aliphatic heterocycles. The summed E-state index contributed by atoms with van der Waals surface area (Å²) in [6, 6.07) is 7.01.